The number of ketones is 1. The minimum absolute atomic E-state index is 0.0408. The van der Waals surface area contributed by atoms with E-state index in [0.29, 0.717) is 21.8 Å². The second-order valence-electron chi connectivity index (χ2n) is 8.55. The highest BCUT2D eigenvalue weighted by molar-refractivity contribution is 8.00. The zero-order chi connectivity index (χ0) is 24.0. The molecule has 6 nitrogen and oxygen atoms in total. The topological polar surface area (TPSA) is 69.3 Å². The molecule has 0 bridgehead atoms. The number of para-hydroxylation sites is 1. The van der Waals surface area contributed by atoms with Gasteiger partial charge in [-0.2, -0.15) is 0 Å². The molecule has 0 saturated carbocycles. The summed E-state index contributed by atoms with van der Waals surface area (Å²) in [5, 5.41) is 9.54. The van der Waals surface area contributed by atoms with Gasteiger partial charge < -0.3 is 0 Å². The molecule has 3 aromatic carbocycles. The predicted molar refractivity (Wildman–Crippen MR) is 136 cm³/mol. The molecule has 0 radical (unpaired) electrons. The maximum Gasteiger partial charge on any atom is 0.267 e. The van der Waals surface area contributed by atoms with E-state index in [1.54, 1.807) is 10.6 Å². The van der Waals surface area contributed by atoms with Crippen molar-refractivity contribution in [3.63, 3.8) is 0 Å². The minimum Gasteiger partial charge on any atom is -0.293 e. The average Bonchev–Trinajstić information content (AvgIpc) is 3.24. The molecule has 7 heteroatoms. The van der Waals surface area contributed by atoms with Gasteiger partial charge >= 0.3 is 0 Å². The summed E-state index contributed by atoms with van der Waals surface area (Å²) in [7, 11) is 0. The van der Waals surface area contributed by atoms with Gasteiger partial charge in [0.05, 0.1) is 21.8 Å². The maximum absolute atomic E-state index is 13.4. The molecule has 1 unspecified atom stereocenters. The summed E-state index contributed by atoms with van der Waals surface area (Å²) < 4.78 is 3.45. The lowest BCUT2D eigenvalue weighted by Crippen LogP contribution is -2.22. The lowest BCUT2D eigenvalue weighted by molar-refractivity contribution is 0.0993. The summed E-state index contributed by atoms with van der Waals surface area (Å²) in [6.07, 6.45) is 0. The molecule has 1 atom stereocenters. The first kappa shape index (κ1) is 22.1. The number of Topliss-reactive ketones (excluding diaryl/α,β-unsaturated/α-hetero) is 1. The van der Waals surface area contributed by atoms with Gasteiger partial charge in [-0.1, -0.05) is 59.3 Å². The molecular formula is C27H24N4O2S. The van der Waals surface area contributed by atoms with Crippen molar-refractivity contribution in [1.82, 2.24) is 19.2 Å². The molecule has 0 aliphatic heterocycles. The van der Waals surface area contributed by atoms with Crippen molar-refractivity contribution >= 4 is 34.2 Å². The lowest BCUT2D eigenvalue weighted by Gasteiger charge is -2.14. The van der Waals surface area contributed by atoms with Crippen LogP contribution in [-0.2, 0) is 0 Å². The van der Waals surface area contributed by atoms with E-state index in [9.17, 15) is 9.59 Å². The molecule has 34 heavy (non-hydrogen) atoms. The molecule has 0 spiro atoms. The highest BCUT2D eigenvalue weighted by atomic mass is 32.2. The number of carbonyl (C=O) groups excluding carboxylic acids is 1. The zero-order valence-electron chi connectivity index (χ0n) is 19.4. The molecule has 0 fully saturated rings. The van der Waals surface area contributed by atoms with Gasteiger partial charge in [-0.25, -0.2) is 4.57 Å². The van der Waals surface area contributed by atoms with Crippen LogP contribution in [0.4, 0.5) is 0 Å². The fourth-order valence-corrected chi connectivity index (χ4v) is 5.04. The third kappa shape index (κ3) is 3.72. The number of carbonyl (C=O) groups is 1. The third-order valence-corrected chi connectivity index (χ3v) is 7.04. The molecule has 5 rings (SSSR count). The van der Waals surface area contributed by atoms with E-state index < -0.39 is 0 Å². The Kier molecular flexibility index (Phi) is 5.57. The predicted octanol–water partition coefficient (Wildman–Crippen LogP) is 5.32. The summed E-state index contributed by atoms with van der Waals surface area (Å²) >= 11 is 1.35. The Morgan fingerprint density at radius 3 is 2.38 bits per heavy atom. The first-order chi connectivity index (χ1) is 16.3. The molecule has 0 saturated heterocycles. The van der Waals surface area contributed by atoms with Crippen LogP contribution in [0.2, 0.25) is 0 Å². The van der Waals surface area contributed by atoms with E-state index in [1.807, 2.05) is 92.8 Å². The Morgan fingerprint density at radius 2 is 1.62 bits per heavy atom. The van der Waals surface area contributed by atoms with Crippen LogP contribution in [0.3, 0.4) is 0 Å². The number of nitrogens with zero attached hydrogens (tertiary/aromatic N) is 4. The number of hydrogen-bond donors (Lipinski definition) is 0. The van der Waals surface area contributed by atoms with Crippen molar-refractivity contribution in [2.45, 2.75) is 38.1 Å². The van der Waals surface area contributed by atoms with Crippen molar-refractivity contribution in [3.05, 3.63) is 99.3 Å². The van der Waals surface area contributed by atoms with Gasteiger partial charge in [0, 0.05) is 5.56 Å². The lowest BCUT2D eigenvalue weighted by atomic mass is 10.0. The van der Waals surface area contributed by atoms with E-state index in [-0.39, 0.29) is 16.6 Å². The first-order valence-electron chi connectivity index (χ1n) is 11.1. The smallest absolute Gasteiger partial charge is 0.267 e. The molecule has 2 aromatic heterocycles. The largest absolute Gasteiger partial charge is 0.293 e. The Morgan fingerprint density at radius 1 is 0.912 bits per heavy atom. The molecule has 0 amide bonds. The maximum atomic E-state index is 13.4. The molecular weight excluding hydrogens is 444 g/mol. The quantitative estimate of drug-likeness (QED) is 0.258. The number of benzene rings is 3. The highest BCUT2D eigenvalue weighted by Gasteiger charge is 2.23. The number of fused-ring (bicyclic) bond motifs is 3. The van der Waals surface area contributed by atoms with Crippen LogP contribution in [0, 0.1) is 20.8 Å². The summed E-state index contributed by atoms with van der Waals surface area (Å²) in [5.74, 6) is 0.459. The van der Waals surface area contributed by atoms with Crippen molar-refractivity contribution in [3.8, 4) is 5.69 Å². The molecule has 0 N–H and O–H groups in total. The van der Waals surface area contributed by atoms with Crippen LogP contribution in [-0.4, -0.2) is 30.2 Å². The highest BCUT2D eigenvalue weighted by Crippen LogP contribution is 2.28. The van der Waals surface area contributed by atoms with E-state index in [4.69, 9.17) is 0 Å². The van der Waals surface area contributed by atoms with Crippen molar-refractivity contribution < 1.29 is 4.79 Å². The van der Waals surface area contributed by atoms with E-state index in [2.05, 4.69) is 10.2 Å². The van der Waals surface area contributed by atoms with Crippen LogP contribution < -0.4 is 5.56 Å². The summed E-state index contributed by atoms with van der Waals surface area (Å²) in [4.78, 5) is 26.7. The van der Waals surface area contributed by atoms with E-state index in [1.165, 1.54) is 11.8 Å². The van der Waals surface area contributed by atoms with Gasteiger partial charge in [0.1, 0.15) is 0 Å². The van der Waals surface area contributed by atoms with Gasteiger partial charge in [-0.3, -0.25) is 14.0 Å². The summed E-state index contributed by atoms with van der Waals surface area (Å²) in [5.41, 5.74) is 5.09. The van der Waals surface area contributed by atoms with Crippen LogP contribution >= 0.6 is 11.8 Å². The Labute approximate surface area is 201 Å². The second kappa shape index (κ2) is 8.57. The van der Waals surface area contributed by atoms with Crippen LogP contribution in [0.15, 0.2) is 76.7 Å². The van der Waals surface area contributed by atoms with Crippen molar-refractivity contribution in [2.75, 3.05) is 0 Å². The fraction of sp³-hybridized carbons (Fsp3) is 0.185. The number of aromatic nitrogens is 4. The van der Waals surface area contributed by atoms with Gasteiger partial charge in [-0.05, 0) is 63.6 Å². The van der Waals surface area contributed by atoms with Crippen molar-refractivity contribution in [2.24, 2.45) is 0 Å². The average molecular weight is 469 g/mol. The SMILES string of the molecule is Cc1ccc(-n2c(=O)c3ccccc3n3c(SC(C)C(=O)c4cc(C)ccc4C)nnc23)cc1. The molecule has 5 aromatic rings. The molecule has 0 aliphatic carbocycles. The van der Waals surface area contributed by atoms with Crippen LogP contribution in [0.5, 0.6) is 0 Å². The summed E-state index contributed by atoms with van der Waals surface area (Å²) in [6, 6.07) is 21.1. The van der Waals surface area contributed by atoms with Gasteiger partial charge in [0.25, 0.3) is 5.56 Å². The van der Waals surface area contributed by atoms with Crippen LogP contribution in [0.25, 0.3) is 22.4 Å². The Hall–Kier alpha value is -3.71. The summed E-state index contributed by atoms with van der Waals surface area (Å²) in [6.45, 7) is 7.82. The Bertz CT molecular complexity index is 1620. The van der Waals surface area contributed by atoms with Gasteiger partial charge in [-0.15, -0.1) is 10.2 Å². The molecule has 170 valence electrons. The van der Waals surface area contributed by atoms with Crippen molar-refractivity contribution in [1.29, 1.82) is 0 Å². The van der Waals surface area contributed by atoms with Gasteiger partial charge in [0.2, 0.25) is 5.78 Å². The third-order valence-electron chi connectivity index (χ3n) is 6.00. The number of rotatable bonds is 5. The standard InChI is InChI=1S/C27H24N4O2S/c1-16-10-13-20(14-11-16)30-25(33)21-7-5-6-8-23(21)31-26(30)28-29-27(31)34-19(4)24(32)22-15-17(2)9-12-18(22)3/h5-15,19H,1-4H3. The Balaban J connectivity index is 1.66. The molecule has 0 aliphatic rings. The fourth-order valence-electron chi connectivity index (χ4n) is 4.11. The molecule has 2 heterocycles. The van der Waals surface area contributed by atoms with Crippen LogP contribution in [0.1, 0.15) is 34.0 Å². The van der Waals surface area contributed by atoms with E-state index >= 15 is 0 Å². The van der Waals surface area contributed by atoms with Gasteiger partial charge in [0.15, 0.2) is 10.9 Å². The second-order valence-corrected chi connectivity index (χ2v) is 9.86. The minimum atomic E-state index is -0.383. The number of hydrogen-bond acceptors (Lipinski definition) is 5. The monoisotopic (exact) mass is 468 g/mol. The zero-order valence-corrected chi connectivity index (χ0v) is 20.3. The first-order valence-corrected chi connectivity index (χ1v) is 12.0. The van der Waals surface area contributed by atoms with E-state index in [0.717, 1.165) is 27.9 Å². The normalized spacial score (nSPS) is 12.4. The number of thioether (sulfide) groups is 1. The number of aryl methyl sites for hydroxylation is 3.